The second kappa shape index (κ2) is 11.5. The molecule has 2 aromatic rings. The number of carbonyl (C=O) groups excluding carboxylic acids is 1. The first kappa shape index (κ1) is 22.9. The lowest BCUT2D eigenvalue weighted by Crippen LogP contribution is -2.31. The molecule has 0 aliphatic rings. The summed E-state index contributed by atoms with van der Waals surface area (Å²) in [5, 5.41) is 2.31. The fourth-order valence-corrected chi connectivity index (χ4v) is 6.31. The van der Waals surface area contributed by atoms with E-state index in [0.717, 1.165) is 15.7 Å². The Morgan fingerprint density at radius 1 is 1.07 bits per heavy atom. The average molecular weight is 422 g/mol. The number of benzene rings is 2. The number of ether oxygens (including phenoxy) is 2. The van der Waals surface area contributed by atoms with Crippen molar-refractivity contribution >= 4 is 36.3 Å². The largest absolute Gasteiger partial charge is 0.466 e. The number of fused-ring (bicyclic) bond motifs is 1. The molecule has 3 atom stereocenters. The molecule has 0 heterocycles. The van der Waals surface area contributed by atoms with E-state index in [4.69, 9.17) is 9.47 Å². The Labute approximate surface area is 173 Å². The smallest absolute Gasteiger partial charge is 0.382 e. The zero-order chi connectivity index (χ0) is 20.5. The predicted octanol–water partition coefficient (Wildman–Crippen LogP) is 6.30. The third-order valence-electron chi connectivity index (χ3n) is 4.38. The second-order valence-corrected chi connectivity index (χ2v) is 10.1. The summed E-state index contributed by atoms with van der Waals surface area (Å²) in [6, 6.07) is 14.3. The number of thioether (sulfide) groups is 1. The number of hydrogen-bond donors (Lipinski definition) is 0. The van der Waals surface area contributed by atoms with Gasteiger partial charge in [-0.2, -0.15) is 0 Å². The van der Waals surface area contributed by atoms with Crippen LogP contribution < -0.4 is 0 Å². The summed E-state index contributed by atoms with van der Waals surface area (Å²) >= 11 is 1.56. The Kier molecular flexibility index (Phi) is 9.43. The van der Waals surface area contributed by atoms with E-state index in [1.807, 2.05) is 45.0 Å². The minimum Gasteiger partial charge on any atom is -0.466 e. The van der Waals surface area contributed by atoms with Crippen molar-refractivity contribution in [1.29, 1.82) is 0 Å². The molecule has 2 aromatic carbocycles. The molecule has 0 aromatic heterocycles. The van der Waals surface area contributed by atoms with Gasteiger partial charge in [0, 0.05) is 11.5 Å². The lowest BCUT2D eigenvalue weighted by atomic mass is 9.97. The molecule has 0 aliphatic heterocycles. The first-order chi connectivity index (χ1) is 13.5. The number of rotatable bonds is 11. The van der Waals surface area contributed by atoms with Gasteiger partial charge >= 0.3 is 13.8 Å². The molecule has 4 nitrogen and oxygen atoms in total. The van der Waals surface area contributed by atoms with Crippen LogP contribution in [0.4, 0.5) is 0 Å². The maximum Gasteiger partial charge on any atom is 0.382 e. The molecule has 0 aliphatic carbocycles. The van der Waals surface area contributed by atoms with E-state index < -0.39 is 19.6 Å². The minimum absolute atomic E-state index is 0.284. The molecule has 0 saturated carbocycles. The van der Waals surface area contributed by atoms with Crippen molar-refractivity contribution in [1.82, 2.24) is 0 Å². The van der Waals surface area contributed by atoms with Crippen molar-refractivity contribution in [2.45, 2.75) is 44.9 Å². The van der Waals surface area contributed by atoms with Gasteiger partial charge in [-0.1, -0.05) is 66.6 Å². The summed E-state index contributed by atoms with van der Waals surface area (Å²) in [6.07, 6.45) is 0.601. The molecule has 0 radical (unpaired) electrons. The van der Waals surface area contributed by atoms with Crippen LogP contribution in [0.3, 0.4) is 0 Å². The van der Waals surface area contributed by atoms with Crippen LogP contribution in [0.2, 0.25) is 0 Å². The SMILES string of the molecule is CCOC(=O)C(CC(C)C)C(OCC)[P+](=O)CSc1cccc2ccccc12. The molecule has 0 bridgehead atoms. The number of hydrogen-bond acceptors (Lipinski definition) is 5. The van der Waals surface area contributed by atoms with Gasteiger partial charge in [0.2, 0.25) is 0 Å². The Balaban J connectivity index is 2.17. The summed E-state index contributed by atoms with van der Waals surface area (Å²) in [4.78, 5) is 13.6. The van der Waals surface area contributed by atoms with Gasteiger partial charge < -0.3 is 9.47 Å². The summed E-state index contributed by atoms with van der Waals surface area (Å²) in [5.41, 5.74) is 0.405. The van der Waals surface area contributed by atoms with E-state index >= 15 is 0 Å². The highest BCUT2D eigenvalue weighted by Crippen LogP contribution is 2.43. The highest BCUT2D eigenvalue weighted by atomic mass is 32.2. The first-order valence-electron chi connectivity index (χ1n) is 9.80. The first-order valence-corrected chi connectivity index (χ1v) is 12.3. The Morgan fingerprint density at radius 2 is 1.79 bits per heavy atom. The fraction of sp³-hybridized carbons (Fsp3) is 0.500. The molecule has 0 saturated heterocycles. The van der Waals surface area contributed by atoms with Crippen molar-refractivity contribution in [3.05, 3.63) is 42.5 Å². The molecule has 28 heavy (non-hydrogen) atoms. The standard InChI is InChI=1S/C22H30O4PS/c1-5-25-21(23)19(14-16(3)4)22(26-6-2)27(24)15-28-20-13-9-11-17-10-7-8-12-18(17)20/h7-13,16,19,22H,5-6,14-15H2,1-4H3/q+1. The molecule has 0 amide bonds. The third-order valence-corrected chi connectivity index (χ3v) is 7.66. The van der Waals surface area contributed by atoms with Crippen molar-refractivity contribution in [3.63, 3.8) is 0 Å². The van der Waals surface area contributed by atoms with Crippen LogP contribution in [-0.2, 0) is 18.8 Å². The topological polar surface area (TPSA) is 52.6 Å². The summed E-state index contributed by atoms with van der Waals surface area (Å²) in [6.45, 7) is 8.48. The van der Waals surface area contributed by atoms with Crippen LogP contribution in [0.1, 0.15) is 34.1 Å². The lowest BCUT2D eigenvalue weighted by molar-refractivity contribution is -0.152. The Bertz CT molecular complexity index is 788. The normalized spacial score (nSPS) is 14.1. The van der Waals surface area contributed by atoms with Gasteiger partial charge in [-0.05, 0) is 43.0 Å². The Morgan fingerprint density at radius 3 is 2.46 bits per heavy atom. The lowest BCUT2D eigenvalue weighted by Gasteiger charge is -2.20. The van der Waals surface area contributed by atoms with Crippen LogP contribution in [0, 0.1) is 11.8 Å². The van der Waals surface area contributed by atoms with Crippen molar-refractivity contribution in [2.24, 2.45) is 11.8 Å². The predicted molar refractivity (Wildman–Crippen MR) is 117 cm³/mol. The van der Waals surface area contributed by atoms with Gasteiger partial charge in [0.15, 0.2) is 5.49 Å². The average Bonchev–Trinajstić information content (AvgIpc) is 2.68. The van der Waals surface area contributed by atoms with Crippen LogP contribution in [0.25, 0.3) is 10.8 Å². The van der Waals surface area contributed by atoms with Crippen molar-refractivity contribution in [2.75, 3.05) is 18.7 Å². The van der Waals surface area contributed by atoms with Gasteiger partial charge in [0.1, 0.15) is 5.92 Å². The van der Waals surface area contributed by atoms with E-state index in [1.165, 1.54) is 0 Å². The van der Waals surface area contributed by atoms with Gasteiger partial charge in [-0.3, -0.25) is 4.79 Å². The number of esters is 1. The summed E-state index contributed by atoms with van der Waals surface area (Å²) in [7, 11) is -1.75. The number of carbonyl (C=O) groups is 1. The maximum absolute atomic E-state index is 13.2. The van der Waals surface area contributed by atoms with E-state index in [2.05, 4.69) is 18.2 Å². The highest BCUT2D eigenvalue weighted by molar-refractivity contribution is 8.04. The van der Waals surface area contributed by atoms with E-state index in [-0.39, 0.29) is 11.9 Å². The summed E-state index contributed by atoms with van der Waals surface area (Å²) < 4.78 is 24.2. The van der Waals surface area contributed by atoms with Crippen LogP contribution in [0.15, 0.2) is 47.4 Å². The Hall–Kier alpha value is -1.42. The highest BCUT2D eigenvalue weighted by Gasteiger charge is 2.43. The van der Waals surface area contributed by atoms with Crippen LogP contribution in [0.5, 0.6) is 0 Å². The molecular weight excluding hydrogens is 391 g/mol. The van der Waals surface area contributed by atoms with Crippen LogP contribution >= 0.6 is 19.6 Å². The zero-order valence-corrected chi connectivity index (χ0v) is 18.8. The zero-order valence-electron chi connectivity index (χ0n) is 17.1. The molecule has 0 N–H and O–H groups in total. The molecule has 6 heteroatoms. The maximum atomic E-state index is 13.2. The van der Waals surface area contributed by atoms with Crippen molar-refractivity contribution in [3.8, 4) is 0 Å². The molecule has 0 fully saturated rings. The minimum atomic E-state index is -1.75. The molecule has 152 valence electrons. The second-order valence-electron chi connectivity index (χ2n) is 7.00. The van der Waals surface area contributed by atoms with Gasteiger partial charge in [-0.25, -0.2) is 0 Å². The quantitative estimate of drug-likeness (QED) is 0.242. The van der Waals surface area contributed by atoms with Crippen molar-refractivity contribution < 1.29 is 18.8 Å². The van der Waals surface area contributed by atoms with Crippen LogP contribution in [-0.4, -0.2) is 30.5 Å². The fourth-order valence-electron chi connectivity index (χ4n) is 3.19. The molecule has 0 spiro atoms. The molecular formula is C22H30O4PS+. The van der Waals surface area contributed by atoms with Gasteiger partial charge in [-0.15, -0.1) is 0 Å². The van der Waals surface area contributed by atoms with E-state index in [9.17, 15) is 9.36 Å². The van der Waals surface area contributed by atoms with E-state index in [1.54, 1.807) is 18.7 Å². The molecule has 3 unspecified atom stereocenters. The molecule has 2 rings (SSSR count). The summed E-state index contributed by atoms with van der Waals surface area (Å²) in [5.74, 6) is -1.15. The van der Waals surface area contributed by atoms with E-state index in [0.29, 0.717) is 25.1 Å². The van der Waals surface area contributed by atoms with Gasteiger partial charge in [0.25, 0.3) is 5.85 Å². The van der Waals surface area contributed by atoms with Gasteiger partial charge in [0.05, 0.1) is 6.61 Å². The third kappa shape index (κ3) is 6.30. The monoisotopic (exact) mass is 421 g/mol.